The molecule has 4 heteroatoms. The van der Waals surface area contributed by atoms with Gasteiger partial charge in [0, 0.05) is 18.3 Å². The Balaban J connectivity index is 1.68. The Hall–Kier alpha value is -2.36. The largest absolute Gasteiger partial charge is 0.456 e. The van der Waals surface area contributed by atoms with Crippen molar-refractivity contribution < 1.29 is 9.53 Å². The van der Waals surface area contributed by atoms with Gasteiger partial charge >= 0.3 is 5.97 Å². The summed E-state index contributed by atoms with van der Waals surface area (Å²) in [4.78, 5) is 24.3. The fraction of sp³-hybridized carbons (Fsp3) is 0.455. The third kappa shape index (κ3) is 4.43. The standard InChI is InChI=1S/C22H27NO3/c1-15-19(17-9-10-17)11-12-20(24)23(15)14-13-16-5-7-18(8-6-16)21(25)26-22(2,3)4/h5-8,11-12,17H,9-10,13-14H2,1-4H3. The number of carbonyl (C=O) groups is 1. The maximum Gasteiger partial charge on any atom is 0.338 e. The summed E-state index contributed by atoms with van der Waals surface area (Å²) < 4.78 is 7.25. The molecule has 26 heavy (non-hydrogen) atoms. The quantitative estimate of drug-likeness (QED) is 0.756. The smallest absolute Gasteiger partial charge is 0.338 e. The normalized spacial score (nSPS) is 14.3. The number of esters is 1. The van der Waals surface area contributed by atoms with Gasteiger partial charge in [0.1, 0.15) is 5.60 Å². The minimum absolute atomic E-state index is 0.0530. The Kier molecular flexibility index (Phi) is 5.03. The van der Waals surface area contributed by atoms with Crippen LogP contribution in [0.25, 0.3) is 0 Å². The average molecular weight is 353 g/mol. The Morgan fingerprint density at radius 1 is 1.12 bits per heavy atom. The second-order valence-corrected chi connectivity index (χ2v) is 8.09. The molecule has 0 bridgehead atoms. The van der Waals surface area contributed by atoms with Crippen molar-refractivity contribution in [2.75, 3.05) is 0 Å². The van der Waals surface area contributed by atoms with E-state index in [2.05, 4.69) is 0 Å². The van der Waals surface area contributed by atoms with Crippen molar-refractivity contribution >= 4 is 5.97 Å². The van der Waals surface area contributed by atoms with Crippen molar-refractivity contribution in [1.29, 1.82) is 0 Å². The van der Waals surface area contributed by atoms with E-state index in [0.29, 0.717) is 18.0 Å². The van der Waals surface area contributed by atoms with Gasteiger partial charge in [-0.2, -0.15) is 0 Å². The van der Waals surface area contributed by atoms with Crippen LogP contribution in [0.4, 0.5) is 0 Å². The van der Waals surface area contributed by atoms with E-state index in [1.165, 1.54) is 18.4 Å². The summed E-state index contributed by atoms with van der Waals surface area (Å²) in [5.41, 5.74) is 3.60. The number of aromatic nitrogens is 1. The first-order chi connectivity index (χ1) is 12.2. The molecule has 1 saturated carbocycles. The second-order valence-electron chi connectivity index (χ2n) is 8.09. The van der Waals surface area contributed by atoms with Gasteiger partial charge in [-0.15, -0.1) is 0 Å². The van der Waals surface area contributed by atoms with Crippen molar-refractivity contribution in [2.24, 2.45) is 0 Å². The van der Waals surface area contributed by atoms with Gasteiger partial charge in [0.05, 0.1) is 5.56 Å². The molecule has 0 unspecified atom stereocenters. The van der Waals surface area contributed by atoms with Crippen LogP contribution in [-0.2, 0) is 17.7 Å². The number of aryl methyl sites for hydroxylation is 1. The van der Waals surface area contributed by atoms with E-state index in [1.54, 1.807) is 18.2 Å². The number of hydrogen-bond donors (Lipinski definition) is 0. The fourth-order valence-electron chi connectivity index (χ4n) is 3.18. The summed E-state index contributed by atoms with van der Waals surface area (Å²) >= 11 is 0. The molecule has 0 radical (unpaired) electrons. The molecule has 0 spiro atoms. The van der Waals surface area contributed by atoms with Crippen LogP contribution in [0.2, 0.25) is 0 Å². The lowest BCUT2D eigenvalue weighted by Crippen LogP contribution is -2.24. The Morgan fingerprint density at radius 2 is 1.77 bits per heavy atom. The van der Waals surface area contributed by atoms with Crippen LogP contribution in [0.1, 0.15) is 66.7 Å². The highest BCUT2D eigenvalue weighted by molar-refractivity contribution is 5.89. The molecular formula is C22H27NO3. The number of hydrogen-bond acceptors (Lipinski definition) is 3. The van der Waals surface area contributed by atoms with Crippen LogP contribution in [0.3, 0.4) is 0 Å². The molecule has 1 aromatic carbocycles. The molecule has 1 aliphatic rings. The maximum atomic E-state index is 12.2. The van der Waals surface area contributed by atoms with E-state index in [0.717, 1.165) is 17.7 Å². The van der Waals surface area contributed by atoms with E-state index < -0.39 is 5.60 Å². The van der Waals surface area contributed by atoms with Crippen LogP contribution < -0.4 is 5.56 Å². The van der Waals surface area contributed by atoms with Crippen LogP contribution in [-0.4, -0.2) is 16.1 Å². The van der Waals surface area contributed by atoms with Crippen LogP contribution >= 0.6 is 0 Å². The molecule has 138 valence electrons. The first-order valence-corrected chi connectivity index (χ1v) is 9.27. The maximum absolute atomic E-state index is 12.2. The van der Waals surface area contributed by atoms with Crippen molar-refractivity contribution in [3.63, 3.8) is 0 Å². The van der Waals surface area contributed by atoms with Crippen molar-refractivity contribution in [1.82, 2.24) is 4.57 Å². The molecule has 0 atom stereocenters. The third-order valence-electron chi connectivity index (χ3n) is 4.72. The molecule has 3 rings (SSSR count). The van der Waals surface area contributed by atoms with Gasteiger partial charge in [-0.3, -0.25) is 4.79 Å². The lowest BCUT2D eigenvalue weighted by atomic mass is 10.1. The zero-order valence-corrected chi connectivity index (χ0v) is 16.0. The van der Waals surface area contributed by atoms with Crippen molar-refractivity contribution in [2.45, 2.75) is 65.0 Å². The Labute approximate surface area is 154 Å². The Bertz CT molecular complexity index is 852. The van der Waals surface area contributed by atoms with Gasteiger partial charge in [0.2, 0.25) is 0 Å². The molecule has 1 heterocycles. The summed E-state index contributed by atoms with van der Waals surface area (Å²) in [5, 5.41) is 0. The fourth-order valence-corrected chi connectivity index (χ4v) is 3.18. The van der Waals surface area contributed by atoms with Gasteiger partial charge < -0.3 is 9.30 Å². The molecular weight excluding hydrogens is 326 g/mol. The van der Waals surface area contributed by atoms with Crippen molar-refractivity contribution in [3.8, 4) is 0 Å². The van der Waals surface area contributed by atoms with E-state index in [-0.39, 0.29) is 11.5 Å². The summed E-state index contributed by atoms with van der Waals surface area (Å²) in [7, 11) is 0. The SMILES string of the molecule is Cc1c(C2CC2)ccc(=O)n1CCc1ccc(C(=O)OC(C)(C)C)cc1. The predicted octanol–water partition coefficient (Wildman–Crippen LogP) is 4.23. The average Bonchev–Trinajstić information content (AvgIpc) is 3.38. The lowest BCUT2D eigenvalue weighted by molar-refractivity contribution is 0.00695. The van der Waals surface area contributed by atoms with E-state index in [4.69, 9.17) is 4.74 Å². The molecule has 1 aliphatic carbocycles. The summed E-state index contributed by atoms with van der Waals surface area (Å²) in [6, 6.07) is 11.1. The first-order valence-electron chi connectivity index (χ1n) is 9.27. The van der Waals surface area contributed by atoms with Gasteiger partial charge in [-0.05, 0) is 76.1 Å². The molecule has 0 saturated heterocycles. The van der Waals surface area contributed by atoms with Crippen LogP contribution in [0.15, 0.2) is 41.2 Å². The number of benzene rings is 1. The van der Waals surface area contributed by atoms with Gasteiger partial charge in [0.25, 0.3) is 5.56 Å². The van der Waals surface area contributed by atoms with Crippen LogP contribution in [0.5, 0.6) is 0 Å². The van der Waals surface area contributed by atoms with E-state index >= 15 is 0 Å². The molecule has 2 aromatic rings. The highest BCUT2D eigenvalue weighted by atomic mass is 16.6. The number of nitrogens with zero attached hydrogens (tertiary/aromatic N) is 1. The van der Waals surface area contributed by atoms with E-state index in [1.807, 2.05) is 50.5 Å². The molecule has 1 fully saturated rings. The summed E-state index contributed by atoms with van der Waals surface area (Å²) in [6.07, 6.45) is 3.21. The number of pyridine rings is 1. The highest BCUT2D eigenvalue weighted by Crippen LogP contribution is 2.41. The number of carbonyl (C=O) groups excluding carboxylic acids is 1. The predicted molar refractivity (Wildman–Crippen MR) is 103 cm³/mol. The minimum Gasteiger partial charge on any atom is -0.456 e. The minimum atomic E-state index is -0.499. The molecule has 0 aliphatic heterocycles. The third-order valence-corrected chi connectivity index (χ3v) is 4.72. The van der Waals surface area contributed by atoms with Gasteiger partial charge in [0.15, 0.2) is 0 Å². The zero-order valence-electron chi connectivity index (χ0n) is 16.0. The number of rotatable bonds is 5. The first kappa shape index (κ1) is 18.4. The van der Waals surface area contributed by atoms with Crippen molar-refractivity contribution in [3.05, 3.63) is 69.1 Å². The summed E-state index contributed by atoms with van der Waals surface area (Å²) in [5.74, 6) is 0.322. The lowest BCUT2D eigenvalue weighted by Gasteiger charge is -2.19. The highest BCUT2D eigenvalue weighted by Gasteiger charge is 2.26. The van der Waals surface area contributed by atoms with E-state index in [9.17, 15) is 9.59 Å². The van der Waals surface area contributed by atoms with Gasteiger partial charge in [-0.1, -0.05) is 18.2 Å². The van der Waals surface area contributed by atoms with Gasteiger partial charge in [-0.25, -0.2) is 4.79 Å². The molecule has 4 nitrogen and oxygen atoms in total. The second kappa shape index (κ2) is 7.10. The molecule has 0 amide bonds. The van der Waals surface area contributed by atoms with Crippen LogP contribution in [0, 0.1) is 6.92 Å². The topological polar surface area (TPSA) is 48.3 Å². The molecule has 1 aromatic heterocycles. The zero-order chi connectivity index (χ0) is 18.9. The monoisotopic (exact) mass is 353 g/mol. The summed E-state index contributed by atoms with van der Waals surface area (Å²) in [6.45, 7) is 8.26. The number of ether oxygens (including phenoxy) is 1. The Morgan fingerprint density at radius 3 is 2.35 bits per heavy atom. The molecule has 0 N–H and O–H groups in total.